The van der Waals surface area contributed by atoms with Gasteiger partial charge in [-0.05, 0) is 54.7 Å². The Bertz CT molecular complexity index is 370. The molecule has 1 unspecified atom stereocenters. The molecule has 1 saturated heterocycles. The van der Waals surface area contributed by atoms with Gasteiger partial charge in [0.05, 0.1) is 12.1 Å². The van der Waals surface area contributed by atoms with Gasteiger partial charge in [0.1, 0.15) is 5.60 Å². The molecule has 1 fully saturated rings. The Kier molecular flexibility index (Phi) is 9.19. The van der Waals surface area contributed by atoms with Gasteiger partial charge in [-0.25, -0.2) is 0 Å². The van der Waals surface area contributed by atoms with Crippen molar-refractivity contribution in [2.45, 2.75) is 65.5 Å². The molecule has 0 amide bonds. The fourth-order valence-electron chi connectivity index (χ4n) is 2.07. The normalized spacial score (nSPS) is 22.4. The number of nitrogens with zero attached hydrogens (tertiary/aromatic N) is 1. The Morgan fingerprint density at radius 1 is 1.45 bits per heavy atom. The highest BCUT2D eigenvalue weighted by molar-refractivity contribution is 14.2. The minimum absolute atomic E-state index is 0.167. The van der Waals surface area contributed by atoms with E-state index in [2.05, 4.69) is 44.2 Å². The van der Waals surface area contributed by atoms with E-state index in [-0.39, 0.29) is 11.5 Å². The van der Waals surface area contributed by atoms with Gasteiger partial charge in [0.2, 0.25) is 0 Å². The first-order valence-electron chi connectivity index (χ1n) is 7.03. The summed E-state index contributed by atoms with van der Waals surface area (Å²) in [4.78, 5) is 14.0. The number of hydrogen-bond acceptors (Lipinski definition) is 4. The summed E-state index contributed by atoms with van der Waals surface area (Å²) in [5.41, 5.74) is -0.605. The van der Waals surface area contributed by atoms with Gasteiger partial charge >= 0.3 is 5.97 Å². The first kappa shape index (κ1) is 20.1. The quantitative estimate of drug-likeness (QED) is 0.386. The SMILES string of the molecule is CC.CC(C)(C)OC(=O)CN1CCCC1(C)C#CSI. The van der Waals surface area contributed by atoms with Crippen LogP contribution in [0.1, 0.15) is 54.4 Å². The standard InChI is InChI=1S/C13H20INO2S.C2H6/c1-12(2,3)17-11(16)10-15-8-5-6-13(15,4)7-9-18-14;1-2/h5-6,8,10H2,1-4H3;1-2H3. The lowest BCUT2D eigenvalue weighted by molar-refractivity contribution is -0.156. The summed E-state index contributed by atoms with van der Waals surface area (Å²) in [5, 5.41) is 3.04. The highest BCUT2D eigenvalue weighted by Gasteiger charge is 2.36. The highest BCUT2D eigenvalue weighted by Crippen LogP contribution is 2.28. The minimum atomic E-state index is -0.420. The fraction of sp³-hybridized carbons (Fsp3) is 0.800. The lowest BCUT2D eigenvalue weighted by Crippen LogP contribution is -2.44. The third-order valence-electron chi connectivity index (χ3n) is 2.89. The predicted molar refractivity (Wildman–Crippen MR) is 95.8 cm³/mol. The molecule has 1 atom stereocenters. The second-order valence-electron chi connectivity index (χ2n) is 5.69. The minimum Gasteiger partial charge on any atom is -0.459 e. The number of carbonyl (C=O) groups excluding carboxylic acids is 1. The number of carbonyl (C=O) groups is 1. The summed E-state index contributed by atoms with van der Waals surface area (Å²) in [7, 11) is 1.48. The number of esters is 1. The molecule has 0 aromatic heterocycles. The van der Waals surface area contributed by atoms with Crippen molar-refractivity contribution in [1.82, 2.24) is 4.90 Å². The Morgan fingerprint density at radius 2 is 2.05 bits per heavy atom. The van der Waals surface area contributed by atoms with Crippen LogP contribution in [-0.2, 0) is 9.53 Å². The van der Waals surface area contributed by atoms with Gasteiger partial charge in [-0.3, -0.25) is 9.69 Å². The van der Waals surface area contributed by atoms with Crippen LogP contribution < -0.4 is 0 Å². The van der Waals surface area contributed by atoms with E-state index < -0.39 is 5.60 Å². The van der Waals surface area contributed by atoms with Gasteiger partial charge < -0.3 is 4.74 Å². The van der Waals surface area contributed by atoms with Gasteiger partial charge in [0, 0.05) is 27.8 Å². The molecular formula is C15H26INO2S. The zero-order valence-electron chi connectivity index (χ0n) is 13.4. The van der Waals surface area contributed by atoms with Crippen molar-refractivity contribution in [3.63, 3.8) is 0 Å². The van der Waals surface area contributed by atoms with Crippen molar-refractivity contribution in [3.05, 3.63) is 0 Å². The number of halogens is 1. The number of likely N-dealkylation sites (tertiary alicyclic amines) is 1. The third-order valence-corrected chi connectivity index (χ3v) is 3.73. The van der Waals surface area contributed by atoms with E-state index in [9.17, 15) is 4.79 Å². The molecule has 0 bridgehead atoms. The molecule has 0 aliphatic carbocycles. The number of rotatable bonds is 2. The van der Waals surface area contributed by atoms with Crippen molar-refractivity contribution in [2.75, 3.05) is 13.1 Å². The lowest BCUT2D eigenvalue weighted by atomic mass is 10.0. The van der Waals surface area contributed by atoms with E-state index in [0.717, 1.165) is 19.4 Å². The Hall–Kier alpha value is 0.0700. The van der Waals surface area contributed by atoms with Crippen molar-refractivity contribution in [1.29, 1.82) is 0 Å². The van der Waals surface area contributed by atoms with E-state index in [1.807, 2.05) is 34.6 Å². The molecule has 1 heterocycles. The molecule has 3 nitrogen and oxygen atoms in total. The molecule has 1 aliphatic rings. The number of ether oxygens (including phenoxy) is 1. The molecule has 0 aromatic rings. The molecule has 1 rings (SSSR count). The largest absolute Gasteiger partial charge is 0.459 e. The first-order valence-corrected chi connectivity index (χ1v) is 10.4. The predicted octanol–water partition coefficient (Wildman–Crippen LogP) is 4.25. The second-order valence-corrected chi connectivity index (χ2v) is 7.37. The monoisotopic (exact) mass is 411 g/mol. The third kappa shape index (κ3) is 7.19. The van der Waals surface area contributed by atoms with Gasteiger partial charge in [0.25, 0.3) is 0 Å². The smallest absolute Gasteiger partial charge is 0.320 e. The highest BCUT2D eigenvalue weighted by atomic mass is 127. The van der Waals surface area contributed by atoms with Gasteiger partial charge in [-0.1, -0.05) is 19.8 Å². The van der Waals surface area contributed by atoms with Crippen LogP contribution in [0.15, 0.2) is 0 Å². The second kappa shape index (κ2) is 9.16. The average Bonchev–Trinajstić information content (AvgIpc) is 2.69. The van der Waals surface area contributed by atoms with Crippen LogP contribution in [0.3, 0.4) is 0 Å². The van der Waals surface area contributed by atoms with Crippen molar-refractivity contribution >= 4 is 36.1 Å². The van der Waals surface area contributed by atoms with E-state index in [1.54, 1.807) is 0 Å². The maximum atomic E-state index is 11.9. The van der Waals surface area contributed by atoms with Crippen LogP contribution in [0.5, 0.6) is 0 Å². The zero-order valence-corrected chi connectivity index (χ0v) is 16.4. The summed E-state index contributed by atoms with van der Waals surface area (Å²) in [5.74, 6) is 3.08. The van der Waals surface area contributed by atoms with E-state index in [1.165, 1.54) is 8.93 Å². The molecule has 5 heteroatoms. The Labute approximate surface area is 140 Å². The van der Waals surface area contributed by atoms with Crippen molar-refractivity contribution in [3.8, 4) is 11.2 Å². The summed E-state index contributed by atoms with van der Waals surface area (Å²) >= 11 is 2.16. The molecule has 0 N–H and O–H groups in total. The molecule has 1 aliphatic heterocycles. The summed E-state index contributed by atoms with van der Waals surface area (Å²) in [6.07, 6.45) is 2.10. The topological polar surface area (TPSA) is 29.5 Å². The van der Waals surface area contributed by atoms with Crippen LogP contribution in [0, 0.1) is 11.2 Å². The number of hydrogen-bond donors (Lipinski definition) is 0. The van der Waals surface area contributed by atoms with Gasteiger partial charge in [0.15, 0.2) is 0 Å². The van der Waals surface area contributed by atoms with Crippen molar-refractivity contribution < 1.29 is 9.53 Å². The van der Waals surface area contributed by atoms with Gasteiger partial charge in [-0.15, -0.1) is 0 Å². The molecule has 0 radical (unpaired) electrons. The maximum Gasteiger partial charge on any atom is 0.320 e. The summed E-state index contributed by atoms with van der Waals surface area (Å²) in [6.45, 7) is 13.0. The molecular weight excluding hydrogens is 385 g/mol. The molecule has 116 valence electrons. The average molecular weight is 411 g/mol. The van der Waals surface area contributed by atoms with E-state index >= 15 is 0 Å². The molecule has 0 saturated carbocycles. The van der Waals surface area contributed by atoms with Crippen LogP contribution >= 0.6 is 30.1 Å². The first-order chi connectivity index (χ1) is 9.27. The fourth-order valence-corrected chi connectivity index (χ4v) is 2.66. The lowest BCUT2D eigenvalue weighted by Gasteiger charge is -2.30. The molecule has 0 spiro atoms. The van der Waals surface area contributed by atoms with Crippen molar-refractivity contribution in [2.24, 2.45) is 0 Å². The van der Waals surface area contributed by atoms with Crippen LogP contribution in [0.25, 0.3) is 0 Å². The van der Waals surface area contributed by atoms with E-state index in [4.69, 9.17) is 4.74 Å². The zero-order chi connectivity index (χ0) is 15.8. The Morgan fingerprint density at radius 3 is 2.55 bits per heavy atom. The van der Waals surface area contributed by atoms with Gasteiger partial charge in [-0.2, -0.15) is 0 Å². The van der Waals surface area contributed by atoms with E-state index in [0.29, 0.717) is 6.54 Å². The Balaban J connectivity index is 0.00000172. The maximum absolute atomic E-state index is 11.9. The van der Waals surface area contributed by atoms with Crippen LogP contribution in [-0.4, -0.2) is 35.1 Å². The molecule has 20 heavy (non-hydrogen) atoms. The van der Waals surface area contributed by atoms with Crippen LogP contribution in [0.4, 0.5) is 0 Å². The molecule has 0 aromatic carbocycles. The van der Waals surface area contributed by atoms with Crippen LogP contribution in [0.2, 0.25) is 0 Å². The summed E-state index contributed by atoms with van der Waals surface area (Å²) in [6, 6.07) is 0. The summed E-state index contributed by atoms with van der Waals surface area (Å²) < 4.78 is 5.36.